The zero-order valence-corrected chi connectivity index (χ0v) is 11.5. The van der Waals surface area contributed by atoms with Gasteiger partial charge in [-0.3, -0.25) is 4.79 Å². The Kier molecular flexibility index (Phi) is 9.06. The number of carbonyl (C=O) groups is 1. The number of amides is 1. The fourth-order valence-corrected chi connectivity index (χ4v) is 1.43. The number of rotatable bonds is 7. The molecule has 0 aliphatic carbocycles. The van der Waals surface area contributed by atoms with Crippen molar-refractivity contribution in [1.29, 1.82) is 0 Å². The second-order valence-corrected chi connectivity index (χ2v) is 3.82. The third-order valence-electron chi connectivity index (χ3n) is 2.34. The summed E-state index contributed by atoms with van der Waals surface area (Å²) in [7, 11) is 0. The van der Waals surface area contributed by atoms with Crippen molar-refractivity contribution in [3.8, 4) is 0 Å². The molecule has 1 aromatic rings. The van der Waals surface area contributed by atoms with Crippen molar-refractivity contribution in [1.82, 2.24) is 5.32 Å². The number of hydrogen-bond acceptors (Lipinski definition) is 3. The fraction of sp³-hybridized carbons (Fsp3) is 0.462. The number of nitrogens with one attached hydrogen (secondary N) is 1. The minimum atomic E-state index is 0. The van der Waals surface area contributed by atoms with Gasteiger partial charge in [-0.1, -0.05) is 12.1 Å². The monoisotopic (exact) mass is 272 g/mol. The second kappa shape index (κ2) is 9.74. The van der Waals surface area contributed by atoms with Gasteiger partial charge in [0.1, 0.15) is 0 Å². The van der Waals surface area contributed by atoms with Crippen LogP contribution in [0.2, 0.25) is 0 Å². The lowest BCUT2D eigenvalue weighted by atomic mass is 10.1. The van der Waals surface area contributed by atoms with Crippen molar-refractivity contribution < 1.29 is 9.53 Å². The van der Waals surface area contributed by atoms with Crippen LogP contribution < -0.4 is 11.1 Å². The second-order valence-electron chi connectivity index (χ2n) is 3.82. The summed E-state index contributed by atoms with van der Waals surface area (Å²) in [5, 5.41) is 2.85. The van der Waals surface area contributed by atoms with Crippen molar-refractivity contribution in [2.24, 2.45) is 0 Å². The van der Waals surface area contributed by atoms with Crippen molar-refractivity contribution in [2.75, 3.05) is 25.5 Å². The first-order chi connectivity index (χ1) is 8.22. The smallest absolute Gasteiger partial charge is 0.224 e. The van der Waals surface area contributed by atoms with Gasteiger partial charge >= 0.3 is 0 Å². The van der Waals surface area contributed by atoms with Crippen LogP contribution in [-0.2, 0) is 16.0 Å². The molecule has 0 unspecified atom stereocenters. The van der Waals surface area contributed by atoms with Crippen LogP contribution in [0.1, 0.15) is 18.9 Å². The minimum absolute atomic E-state index is 0. The predicted octanol–water partition coefficient (Wildman–Crippen LogP) is 1.78. The van der Waals surface area contributed by atoms with E-state index in [1.165, 1.54) is 0 Å². The molecule has 0 atom stereocenters. The van der Waals surface area contributed by atoms with E-state index in [9.17, 15) is 4.79 Å². The van der Waals surface area contributed by atoms with Crippen LogP contribution in [-0.4, -0.2) is 25.7 Å². The Hall–Kier alpha value is -1.26. The quantitative estimate of drug-likeness (QED) is 0.587. The maximum Gasteiger partial charge on any atom is 0.224 e. The molecule has 3 N–H and O–H groups in total. The van der Waals surface area contributed by atoms with Gasteiger partial charge in [-0.15, -0.1) is 12.4 Å². The highest BCUT2D eigenvalue weighted by Gasteiger charge is 2.02. The van der Waals surface area contributed by atoms with Gasteiger partial charge in [0.25, 0.3) is 0 Å². The molecule has 0 aromatic heterocycles. The van der Waals surface area contributed by atoms with Crippen LogP contribution in [0, 0.1) is 0 Å². The molecular formula is C13H21ClN2O2. The van der Waals surface area contributed by atoms with Gasteiger partial charge in [-0.25, -0.2) is 0 Å². The van der Waals surface area contributed by atoms with Crippen LogP contribution in [0.5, 0.6) is 0 Å². The van der Waals surface area contributed by atoms with Crippen molar-refractivity contribution in [3.05, 3.63) is 29.8 Å². The number of anilines is 1. The first kappa shape index (κ1) is 16.7. The molecule has 0 heterocycles. The number of hydrogen-bond donors (Lipinski definition) is 2. The molecule has 0 radical (unpaired) electrons. The normalized spacial score (nSPS) is 9.61. The van der Waals surface area contributed by atoms with Gasteiger partial charge in [0.2, 0.25) is 5.91 Å². The number of carbonyl (C=O) groups excluding carboxylic acids is 1. The van der Waals surface area contributed by atoms with Crippen molar-refractivity contribution >= 4 is 24.0 Å². The summed E-state index contributed by atoms with van der Waals surface area (Å²) in [6.45, 7) is 4.03. The summed E-state index contributed by atoms with van der Waals surface area (Å²) in [6, 6.07) is 7.35. The summed E-state index contributed by atoms with van der Waals surface area (Å²) >= 11 is 0. The molecule has 1 rings (SSSR count). The fourth-order valence-electron chi connectivity index (χ4n) is 1.43. The van der Waals surface area contributed by atoms with E-state index in [0.29, 0.717) is 25.3 Å². The number of nitrogens with two attached hydrogens (primary N) is 1. The molecule has 5 heteroatoms. The average Bonchev–Trinajstić information content (AvgIpc) is 2.32. The lowest BCUT2D eigenvalue weighted by Crippen LogP contribution is -2.26. The number of benzene rings is 1. The first-order valence-corrected chi connectivity index (χ1v) is 5.91. The Balaban J connectivity index is 0.00000289. The van der Waals surface area contributed by atoms with Gasteiger partial charge in [0.05, 0.1) is 6.42 Å². The molecule has 18 heavy (non-hydrogen) atoms. The summed E-state index contributed by atoms with van der Waals surface area (Å²) in [5.74, 6) is 0.0336. The van der Waals surface area contributed by atoms with Crippen LogP contribution in [0.15, 0.2) is 24.3 Å². The molecule has 0 fully saturated rings. The van der Waals surface area contributed by atoms with E-state index in [4.69, 9.17) is 10.5 Å². The highest BCUT2D eigenvalue weighted by molar-refractivity contribution is 5.85. The Morgan fingerprint density at radius 3 is 2.61 bits per heavy atom. The minimum Gasteiger partial charge on any atom is -0.399 e. The molecule has 0 saturated carbocycles. The maximum atomic E-state index is 11.5. The van der Waals surface area contributed by atoms with Gasteiger partial charge < -0.3 is 15.8 Å². The van der Waals surface area contributed by atoms with Crippen LogP contribution in [0.3, 0.4) is 0 Å². The molecule has 0 saturated heterocycles. The molecule has 0 bridgehead atoms. The highest BCUT2D eigenvalue weighted by Crippen LogP contribution is 2.05. The average molecular weight is 273 g/mol. The summed E-state index contributed by atoms with van der Waals surface area (Å²) < 4.78 is 5.18. The topological polar surface area (TPSA) is 64.3 Å². The third kappa shape index (κ3) is 7.14. The SMILES string of the molecule is CCOCCCNC(=O)Cc1ccc(N)cc1.Cl. The molecule has 102 valence electrons. The Labute approximate surface area is 114 Å². The van der Waals surface area contributed by atoms with E-state index in [2.05, 4.69) is 5.32 Å². The molecule has 1 aromatic carbocycles. The summed E-state index contributed by atoms with van der Waals surface area (Å²) in [4.78, 5) is 11.5. The van der Waals surface area contributed by atoms with Crippen LogP contribution in [0.25, 0.3) is 0 Å². The van der Waals surface area contributed by atoms with Crippen LogP contribution >= 0.6 is 12.4 Å². The zero-order chi connectivity index (χ0) is 12.5. The van der Waals surface area contributed by atoms with Crippen molar-refractivity contribution in [2.45, 2.75) is 19.8 Å². The highest BCUT2D eigenvalue weighted by atomic mass is 35.5. The van der Waals surface area contributed by atoms with Gasteiger partial charge in [-0.2, -0.15) is 0 Å². The Bertz CT molecular complexity index is 341. The molecule has 0 aliphatic rings. The molecular weight excluding hydrogens is 252 g/mol. The molecule has 0 aliphatic heterocycles. The Morgan fingerprint density at radius 1 is 1.33 bits per heavy atom. The largest absolute Gasteiger partial charge is 0.399 e. The van der Waals surface area contributed by atoms with Gasteiger partial charge in [0.15, 0.2) is 0 Å². The van der Waals surface area contributed by atoms with Gasteiger partial charge in [-0.05, 0) is 31.0 Å². The van der Waals surface area contributed by atoms with E-state index < -0.39 is 0 Å². The van der Waals surface area contributed by atoms with E-state index >= 15 is 0 Å². The van der Waals surface area contributed by atoms with Crippen molar-refractivity contribution in [3.63, 3.8) is 0 Å². The maximum absolute atomic E-state index is 11.5. The predicted molar refractivity (Wildman–Crippen MR) is 75.9 cm³/mol. The lowest BCUT2D eigenvalue weighted by molar-refractivity contribution is -0.120. The number of nitrogen functional groups attached to an aromatic ring is 1. The molecule has 1 amide bonds. The first-order valence-electron chi connectivity index (χ1n) is 5.91. The van der Waals surface area contributed by atoms with E-state index in [1.54, 1.807) is 12.1 Å². The van der Waals surface area contributed by atoms with E-state index in [-0.39, 0.29) is 18.3 Å². The third-order valence-corrected chi connectivity index (χ3v) is 2.34. The summed E-state index contributed by atoms with van der Waals surface area (Å²) in [6.07, 6.45) is 1.25. The standard InChI is InChI=1S/C13H20N2O2.ClH/c1-2-17-9-3-8-15-13(16)10-11-4-6-12(14)7-5-11;/h4-7H,2-3,8-10,14H2,1H3,(H,15,16);1H. The Morgan fingerprint density at radius 2 is 2.00 bits per heavy atom. The molecule has 4 nitrogen and oxygen atoms in total. The zero-order valence-electron chi connectivity index (χ0n) is 10.6. The van der Waals surface area contributed by atoms with Crippen LogP contribution in [0.4, 0.5) is 5.69 Å². The number of halogens is 1. The summed E-state index contributed by atoms with van der Waals surface area (Å²) in [5.41, 5.74) is 7.26. The van der Waals surface area contributed by atoms with E-state index in [0.717, 1.165) is 18.6 Å². The lowest BCUT2D eigenvalue weighted by Gasteiger charge is -2.05. The number of ether oxygens (including phenoxy) is 1. The molecule has 0 spiro atoms. The van der Waals surface area contributed by atoms with Gasteiger partial charge in [0, 0.05) is 25.4 Å². The van der Waals surface area contributed by atoms with E-state index in [1.807, 2.05) is 19.1 Å².